The van der Waals surface area contributed by atoms with Crippen molar-refractivity contribution in [2.24, 2.45) is 0 Å². The van der Waals surface area contributed by atoms with Gasteiger partial charge in [-0.1, -0.05) is 23.8 Å². The van der Waals surface area contributed by atoms with Gasteiger partial charge in [-0.25, -0.2) is 18.0 Å². The van der Waals surface area contributed by atoms with Gasteiger partial charge in [-0.2, -0.15) is 4.31 Å². The zero-order chi connectivity index (χ0) is 27.7. The number of nitrogens with one attached hydrogen (secondary N) is 1. The van der Waals surface area contributed by atoms with Crippen molar-refractivity contribution in [3.05, 3.63) is 76.2 Å². The Morgan fingerprint density at radius 3 is 2.45 bits per heavy atom. The van der Waals surface area contributed by atoms with Crippen LogP contribution in [-0.2, 0) is 26.2 Å². The number of esters is 1. The van der Waals surface area contributed by atoms with Gasteiger partial charge in [0.2, 0.25) is 10.0 Å². The third-order valence-electron chi connectivity index (χ3n) is 6.09. The molecule has 0 radical (unpaired) electrons. The average molecular weight is 542 g/mol. The smallest absolute Gasteiger partial charge is 0.407 e. The highest BCUT2D eigenvalue weighted by atomic mass is 32.2. The molecule has 1 aliphatic rings. The van der Waals surface area contributed by atoms with Crippen molar-refractivity contribution in [2.75, 3.05) is 13.1 Å². The Bertz CT molecular complexity index is 1520. The number of alkyl carbamates (subject to hydrolysis) is 1. The van der Waals surface area contributed by atoms with Crippen LogP contribution < -0.4 is 10.9 Å². The van der Waals surface area contributed by atoms with Crippen LogP contribution in [0.25, 0.3) is 10.8 Å². The summed E-state index contributed by atoms with van der Waals surface area (Å²) in [6.07, 6.45) is 1.24. The zero-order valence-corrected chi connectivity index (χ0v) is 22.6. The summed E-state index contributed by atoms with van der Waals surface area (Å²) in [6.45, 7) is 7.14. The van der Waals surface area contributed by atoms with E-state index in [1.807, 2.05) is 6.92 Å². The number of benzene rings is 2. The van der Waals surface area contributed by atoms with E-state index < -0.39 is 39.3 Å². The molecule has 1 aliphatic heterocycles. The van der Waals surface area contributed by atoms with Crippen molar-refractivity contribution < 1.29 is 27.5 Å². The van der Waals surface area contributed by atoms with Gasteiger partial charge in [0.05, 0.1) is 10.5 Å². The number of nitrogens with zero attached hydrogens (tertiary/aromatic N) is 2. The summed E-state index contributed by atoms with van der Waals surface area (Å²) in [5.74, 6) is -0.572. The Morgan fingerprint density at radius 1 is 1.05 bits per heavy atom. The van der Waals surface area contributed by atoms with Gasteiger partial charge >= 0.3 is 12.1 Å². The molecule has 38 heavy (non-hydrogen) atoms. The minimum Gasteiger partial charge on any atom is -0.444 e. The number of hydrogen-bond acceptors (Lipinski definition) is 7. The monoisotopic (exact) mass is 541 g/mol. The number of ether oxygens (including phenoxy) is 2. The first kappa shape index (κ1) is 27.3. The van der Waals surface area contributed by atoms with Crippen molar-refractivity contribution >= 4 is 32.9 Å². The Morgan fingerprint density at radius 2 is 1.76 bits per heavy atom. The number of pyridine rings is 1. The summed E-state index contributed by atoms with van der Waals surface area (Å²) in [7, 11) is -3.96. The predicted octanol–water partition coefficient (Wildman–Crippen LogP) is 3.41. The molecule has 0 aliphatic carbocycles. The SMILES string of the molecule is Cc1ccc(C(=O)OCn2ccc3c(S(=O)(=O)N4CCC(NC(=O)OC(C)(C)C)C4)cccc3c2=O)cc1. The van der Waals surface area contributed by atoms with Gasteiger partial charge in [0.15, 0.2) is 6.73 Å². The van der Waals surface area contributed by atoms with Crippen LogP contribution in [0.5, 0.6) is 0 Å². The molecule has 202 valence electrons. The van der Waals surface area contributed by atoms with Crippen molar-refractivity contribution in [1.82, 2.24) is 14.2 Å². The second-order valence-electron chi connectivity index (χ2n) is 10.2. The van der Waals surface area contributed by atoms with E-state index in [1.54, 1.807) is 45.0 Å². The van der Waals surface area contributed by atoms with Gasteiger partial charge in [-0.05, 0) is 64.4 Å². The number of amides is 1. The number of hydrogen-bond donors (Lipinski definition) is 1. The molecule has 1 atom stereocenters. The van der Waals surface area contributed by atoms with Gasteiger partial charge < -0.3 is 14.8 Å². The van der Waals surface area contributed by atoms with E-state index in [0.29, 0.717) is 12.0 Å². The minimum atomic E-state index is -3.96. The lowest BCUT2D eigenvalue weighted by Crippen LogP contribution is -2.41. The number of aryl methyl sites for hydroxylation is 1. The Kier molecular flexibility index (Phi) is 7.61. The van der Waals surface area contributed by atoms with E-state index in [-0.39, 0.29) is 35.5 Å². The maximum absolute atomic E-state index is 13.5. The highest BCUT2D eigenvalue weighted by Crippen LogP contribution is 2.27. The Hall–Kier alpha value is -3.70. The summed E-state index contributed by atoms with van der Waals surface area (Å²) in [5.41, 5.74) is 0.218. The van der Waals surface area contributed by atoms with Crippen molar-refractivity contribution in [3.8, 4) is 0 Å². The quantitative estimate of drug-likeness (QED) is 0.474. The molecule has 10 nitrogen and oxygen atoms in total. The Labute approximate surface area is 221 Å². The predicted molar refractivity (Wildman–Crippen MR) is 141 cm³/mol. The van der Waals surface area contributed by atoms with Crippen LogP contribution in [0.4, 0.5) is 4.79 Å². The number of rotatable bonds is 6. The molecule has 4 rings (SSSR count). The molecule has 1 fully saturated rings. The molecule has 1 N–H and O–H groups in total. The maximum Gasteiger partial charge on any atom is 0.407 e. The van der Waals surface area contributed by atoms with Crippen molar-refractivity contribution in [3.63, 3.8) is 0 Å². The molecular weight excluding hydrogens is 510 g/mol. The van der Waals surface area contributed by atoms with E-state index in [9.17, 15) is 22.8 Å². The minimum absolute atomic E-state index is 0.00572. The molecule has 2 aromatic carbocycles. The van der Waals surface area contributed by atoms with Gasteiger partial charge in [0.1, 0.15) is 5.60 Å². The standard InChI is InChI=1S/C27H31N3O7S/c1-18-8-10-19(11-9-18)25(32)36-17-29-14-13-21-22(24(29)31)6-5-7-23(21)38(34,35)30-15-12-20(16-30)28-26(33)37-27(2,3)4/h5-11,13-14,20H,12,15-17H2,1-4H3,(H,28,33). The molecule has 1 aromatic heterocycles. The van der Waals surface area contributed by atoms with E-state index in [0.717, 1.165) is 5.56 Å². The van der Waals surface area contributed by atoms with Crippen LogP contribution in [0.1, 0.15) is 43.1 Å². The fraction of sp³-hybridized carbons (Fsp3) is 0.370. The lowest BCUT2D eigenvalue weighted by atomic mass is 10.1. The summed E-state index contributed by atoms with van der Waals surface area (Å²) in [6, 6.07) is 12.5. The molecule has 2 heterocycles. The lowest BCUT2D eigenvalue weighted by Gasteiger charge is -2.22. The van der Waals surface area contributed by atoms with E-state index >= 15 is 0 Å². The number of fused-ring (bicyclic) bond motifs is 1. The molecule has 0 bridgehead atoms. The molecule has 1 amide bonds. The average Bonchev–Trinajstić information content (AvgIpc) is 3.31. The molecule has 1 saturated heterocycles. The number of carbonyl (C=O) groups excluding carboxylic acids is 2. The fourth-order valence-corrected chi connectivity index (χ4v) is 5.90. The van der Waals surface area contributed by atoms with Gasteiger partial charge in [0.25, 0.3) is 5.56 Å². The highest BCUT2D eigenvalue weighted by molar-refractivity contribution is 7.89. The second-order valence-corrected chi connectivity index (χ2v) is 12.1. The van der Waals surface area contributed by atoms with E-state index in [2.05, 4.69) is 5.32 Å². The first-order chi connectivity index (χ1) is 17.8. The number of carbonyl (C=O) groups is 2. The van der Waals surface area contributed by atoms with Gasteiger partial charge in [-0.15, -0.1) is 0 Å². The number of sulfonamides is 1. The van der Waals surface area contributed by atoms with Crippen LogP contribution in [-0.4, -0.2) is 54.1 Å². The van der Waals surface area contributed by atoms with Crippen molar-refractivity contribution in [2.45, 2.75) is 57.4 Å². The van der Waals surface area contributed by atoms with Crippen LogP contribution in [0.2, 0.25) is 0 Å². The largest absolute Gasteiger partial charge is 0.444 e. The van der Waals surface area contributed by atoms with Crippen LogP contribution >= 0.6 is 0 Å². The molecule has 3 aromatic rings. The maximum atomic E-state index is 13.5. The highest BCUT2D eigenvalue weighted by Gasteiger charge is 2.35. The molecule has 0 saturated carbocycles. The van der Waals surface area contributed by atoms with E-state index in [1.165, 1.54) is 39.3 Å². The van der Waals surface area contributed by atoms with Crippen LogP contribution in [0.3, 0.4) is 0 Å². The molecule has 0 spiro atoms. The summed E-state index contributed by atoms with van der Waals surface area (Å²) < 4.78 is 40.1. The Balaban J connectivity index is 1.51. The molecule has 1 unspecified atom stereocenters. The van der Waals surface area contributed by atoms with Crippen LogP contribution in [0, 0.1) is 6.92 Å². The first-order valence-corrected chi connectivity index (χ1v) is 13.6. The normalized spacial score (nSPS) is 16.4. The summed E-state index contributed by atoms with van der Waals surface area (Å²) >= 11 is 0. The van der Waals surface area contributed by atoms with E-state index in [4.69, 9.17) is 9.47 Å². The summed E-state index contributed by atoms with van der Waals surface area (Å²) in [4.78, 5) is 37.6. The zero-order valence-electron chi connectivity index (χ0n) is 21.8. The van der Waals surface area contributed by atoms with Gasteiger partial charge in [-0.3, -0.25) is 9.36 Å². The fourth-order valence-electron chi connectivity index (χ4n) is 4.19. The summed E-state index contributed by atoms with van der Waals surface area (Å²) in [5, 5.41) is 3.17. The third-order valence-corrected chi connectivity index (χ3v) is 8.01. The second kappa shape index (κ2) is 10.6. The molecular formula is C27H31N3O7S. The topological polar surface area (TPSA) is 124 Å². The number of aromatic nitrogens is 1. The lowest BCUT2D eigenvalue weighted by molar-refractivity contribution is 0.0366. The van der Waals surface area contributed by atoms with Gasteiger partial charge in [0, 0.05) is 36.1 Å². The molecule has 11 heteroatoms. The first-order valence-electron chi connectivity index (χ1n) is 12.2. The van der Waals surface area contributed by atoms with Crippen molar-refractivity contribution in [1.29, 1.82) is 0 Å². The van der Waals surface area contributed by atoms with Crippen LogP contribution in [0.15, 0.2) is 64.4 Å². The third kappa shape index (κ3) is 6.05.